The Balaban J connectivity index is 1.75. The number of amides is 2. The molecule has 6 nitrogen and oxygen atoms in total. The second kappa shape index (κ2) is 7.66. The van der Waals surface area contributed by atoms with Gasteiger partial charge in [-0.2, -0.15) is 0 Å². The highest BCUT2D eigenvalue weighted by Crippen LogP contribution is 2.35. The molecular formula is C19H19ClN2O4. The van der Waals surface area contributed by atoms with Crippen LogP contribution in [0.4, 0.5) is 11.4 Å². The van der Waals surface area contributed by atoms with Crippen molar-refractivity contribution in [3.05, 3.63) is 47.5 Å². The number of nitrogens with zero attached hydrogens (tertiary/aromatic N) is 1. The molecule has 2 aromatic rings. The standard InChI is InChI=1S/C19H19ClN2O4/c1-25-15-5-3-4-14(10-15)21-19(24)12-8-18(23)22(11-12)16-9-13(20)6-7-17(16)26-2/h3-7,9-10,12H,8,11H2,1-2H3,(H,21,24)/t12-/m0/s1. The van der Waals surface area contributed by atoms with Gasteiger partial charge in [0, 0.05) is 29.7 Å². The smallest absolute Gasteiger partial charge is 0.229 e. The summed E-state index contributed by atoms with van der Waals surface area (Å²) in [6.07, 6.45) is 0.130. The van der Waals surface area contributed by atoms with Crippen LogP contribution in [0.25, 0.3) is 0 Å². The van der Waals surface area contributed by atoms with Crippen molar-refractivity contribution >= 4 is 34.8 Å². The van der Waals surface area contributed by atoms with E-state index in [-0.39, 0.29) is 24.8 Å². The summed E-state index contributed by atoms with van der Waals surface area (Å²) in [5.74, 6) is 0.371. The average Bonchev–Trinajstić information content (AvgIpc) is 3.03. The van der Waals surface area contributed by atoms with Gasteiger partial charge < -0.3 is 19.7 Å². The van der Waals surface area contributed by atoms with Crippen LogP contribution in [0.5, 0.6) is 11.5 Å². The molecule has 0 aromatic heterocycles. The molecule has 7 heteroatoms. The zero-order valence-electron chi connectivity index (χ0n) is 14.5. The third kappa shape index (κ3) is 3.75. The van der Waals surface area contributed by atoms with Crippen molar-refractivity contribution in [3.8, 4) is 11.5 Å². The first-order valence-corrected chi connectivity index (χ1v) is 8.48. The Hall–Kier alpha value is -2.73. The second-order valence-electron chi connectivity index (χ2n) is 5.94. The van der Waals surface area contributed by atoms with Crippen molar-refractivity contribution in [1.29, 1.82) is 0 Å². The van der Waals surface area contributed by atoms with Gasteiger partial charge in [0.05, 0.1) is 25.8 Å². The first-order valence-electron chi connectivity index (χ1n) is 8.10. The van der Waals surface area contributed by atoms with E-state index in [1.807, 2.05) is 0 Å². The lowest BCUT2D eigenvalue weighted by Crippen LogP contribution is -2.28. The number of anilines is 2. The third-order valence-electron chi connectivity index (χ3n) is 4.26. The van der Waals surface area contributed by atoms with Crippen LogP contribution in [-0.4, -0.2) is 32.6 Å². The molecule has 1 fully saturated rings. The molecule has 2 aromatic carbocycles. The molecule has 1 atom stereocenters. The van der Waals surface area contributed by atoms with Gasteiger partial charge in [-0.15, -0.1) is 0 Å². The number of carbonyl (C=O) groups is 2. The summed E-state index contributed by atoms with van der Waals surface area (Å²) >= 11 is 6.05. The molecule has 1 aliphatic rings. The molecule has 0 radical (unpaired) electrons. The molecule has 0 bridgehead atoms. The monoisotopic (exact) mass is 374 g/mol. The fraction of sp³-hybridized carbons (Fsp3) is 0.263. The largest absolute Gasteiger partial charge is 0.497 e. The van der Waals surface area contributed by atoms with Crippen LogP contribution < -0.4 is 19.7 Å². The number of rotatable bonds is 5. The highest BCUT2D eigenvalue weighted by molar-refractivity contribution is 6.31. The van der Waals surface area contributed by atoms with Crippen LogP contribution in [-0.2, 0) is 9.59 Å². The number of carbonyl (C=O) groups excluding carboxylic acids is 2. The summed E-state index contributed by atoms with van der Waals surface area (Å²) in [6.45, 7) is 0.269. The van der Waals surface area contributed by atoms with Crippen molar-refractivity contribution in [3.63, 3.8) is 0 Å². The Morgan fingerprint density at radius 3 is 2.73 bits per heavy atom. The Bertz CT molecular complexity index is 840. The highest BCUT2D eigenvalue weighted by atomic mass is 35.5. The van der Waals surface area contributed by atoms with E-state index in [1.54, 1.807) is 54.5 Å². The normalized spacial score (nSPS) is 16.5. The van der Waals surface area contributed by atoms with Crippen LogP contribution in [0.15, 0.2) is 42.5 Å². The number of methoxy groups -OCH3 is 2. The lowest BCUT2D eigenvalue weighted by molar-refractivity contribution is -0.122. The van der Waals surface area contributed by atoms with E-state index in [0.29, 0.717) is 27.9 Å². The minimum absolute atomic E-state index is 0.130. The number of hydrogen-bond donors (Lipinski definition) is 1. The lowest BCUT2D eigenvalue weighted by Gasteiger charge is -2.20. The van der Waals surface area contributed by atoms with Crippen LogP contribution in [0, 0.1) is 5.92 Å². The average molecular weight is 375 g/mol. The predicted molar refractivity (Wildman–Crippen MR) is 100 cm³/mol. The van der Waals surface area contributed by atoms with Crippen molar-refractivity contribution in [2.45, 2.75) is 6.42 Å². The second-order valence-corrected chi connectivity index (χ2v) is 6.38. The first kappa shape index (κ1) is 18.1. The van der Waals surface area contributed by atoms with E-state index in [4.69, 9.17) is 21.1 Å². The molecule has 1 N–H and O–H groups in total. The zero-order valence-corrected chi connectivity index (χ0v) is 15.2. The van der Waals surface area contributed by atoms with Gasteiger partial charge in [0.15, 0.2) is 0 Å². The molecule has 0 saturated carbocycles. The molecule has 136 valence electrons. The Morgan fingerprint density at radius 2 is 2.00 bits per heavy atom. The molecule has 0 unspecified atom stereocenters. The van der Waals surface area contributed by atoms with Gasteiger partial charge >= 0.3 is 0 Å². The molecule has 1 heterocycles. The van der Waals surface area contributed by atoms with E-state index >= 15 is 0 Å². The summed E-state index contributed by atoms with van der Waals surface area (Å²) in [6, 6.07) is 12.1. The zero-order chi connectivity index (χ0) is 18.7. The van der Waals surface area contributed by atoms with E-state index in [1.165, 1.54) is 7.11 Å². The van der Waals surface area contributed by atoms with Crippen LogP contribution >= 0.6 is 11.6 Å². The summed E-state index contributed by atoms with van der Waals surface area (Å²) in [5, 5.41) is 3.33. The number of hydrogen-bond acceptors (Lipinski definition) is 4. The van der Waals surface area contributed by atoms with Crippen molar-refractivity contribution in [1.82, 2.24) is 0 Å². The Morgan fingerprint density at radius 1 is 1.19 bits per heavy atom. The molecule has 1 aliphatic heterocycles. The van der Waals surface area contributed by atoms with Crippen molar-refractivity contribution in [2.24, 2.45) is 5.92 Å². The van der Waals surface area contributed by atoms with Gasteiger partial charge in [-0.1, -0.05) is 17.7 Å². The number of nitrogens with one attached hydrogen (secondary N) is 1. The van der Waals surface area contributed by atoms with Crippen LogP contribution in [0.3, 0.4) is 0 Å². The molecule has 1 saturated heterocycles. The maximum atomic E-state index is 12.6. The fourth-order valence-corrected chi connectivity index (χ4v) is 3.10. The minimum atomic E-state index is -0.461. The maximum Gasteiger partial charge on any atom is 0.229 e. The summed E-state index contributed by atoms with van der Waals surface area (Å²) in [7, 11) is 3.09. The van der Waals surface area contributed by atoms with Crippen molar-refractivity contribution < 1.29 is 19.1 Å². The SMILES string of the molecule is COc1cccc(NC(=O)[C@H]2CC(=O)N(c3cc(Cl)ccc3OC)C2)c1. The third-order valence-corrected chi connectivity index (χ3v) is 4.50. The number of ether oxygens (including phenoxy) is 2. The highest BCUT2D eigenvalue weighted by Gasteiger charge is 2.36. The molecule has 0 spiro atoms. The predicted octanol–water partition coefficient (Wildman–Crippen LogP) is 3.35. The molecular weight excluding hydrogens is 356 g/mol. The lowest BCUT2D eigenvalue weighted by atomic mass is 10.1. The van der Waals surface area contributed by atoms with Crippen LogP contribution in [0.2, 0.25) is 5.02 Å². The van der Waals surface area contributed by atoms with E-state index in [0.717, 1.165) is 0 Å². The summed E-state index contributed by atoms with van der Waals surface area (Å²) in [4.78, 5) is 26.6. The van der Waals surface area contributed by atoms with E-state index in [9.17, 15) is 9.59 Å². The molecule has 2 amide bonds. The van der Waals surface area contributed by atoms with Gasteiger partial charge in [-0.25, -0.2) is 0 Å². The van der Waals surface area contributed by atoms with Gasteiger partial charge in [0.1, 0.15) is 11.5 Å². The molecule has 3 rings (SSSR count). The topological polar surface area (TPSA) is 67.9 Å². The van der Waals surface area contributed by atoms with Gasteiger partial charge in [-0.3, -0.25) is 9.59 Å². The minimum Gasteiger partial charge on any atom is -0.497 e. The Labute approximate surface area is 156 Å². The summed E-state index contributed by atoms with van der Waals surface area (Å²) in [5.41, 5.74) is 1.20. The van der Waals surface area contributed by atoms with E-state index < -0.39 is 5.92 Å². The van der Waals surface area contributed by atoms with E-state index in [2.05, 4.69) is 5.32 Å². The fourth-order valence-electron chi connectivity index (χ4n) is 2.94. The van der Waals surface area contributed by atoms with Gasteiger partial charge in [0.25, 0.3) is 0 Å². The van der Waals surface area contributed by atoms with Crippen molar-refractivity contribution in [2.75, 3.05) is 31.0 Å². The quantitative estimate of drug-likeness (QED) is 0.871. The number of benzene rings is 2. The van der Waals surface area contributed by atoms with Gasteiger partial charge in [-0.05, 0) is 30.3 Å². The first-order chi connectivity index (χ1) is 12.5. The molecule has 26 heavy (non-hydrogen) atoms. The Kier molecular flexibility index (Phi) is 5.32. The van der Waals surface area contributed by atoms with Crippen LogP contribution in [0.1, 0.15) is 6.42 Å². The van der Waals surface area contributed by atoms with Gasteiger partial charge in [0.2, 0.25) is 11.8 Å². The maximum absolute atomic E-state index is 12.6. The summed E-state index contributed by atoms with van der Waals surface area (Å²) < 4.78 is 10.5. The number of halogens is 1. The molecule has 0 aliphatic carbocycles.